The lowest BCUT2D eigenvalue weighted by molar-refractivity contribution is 0.393. The van der Waals surface area contributed by atoms with Crippen LogP contribution in [0.15, 0.2) is 24.5 Å². The van der Waals surface area contributed by atoms with Crippen LogP contribution < -0.4 is 14.8 Å². The molecular weight excluding hydrogens is 256 g/mol. The van der Waals surface area contributed by atoms with E-state index in [0.29, 0.717) is 0 Å². The molecule has 0 aliphatic rings. The molecule has 1 heterocycles. The Bertz CT molecular complexity index is 532. The number of methoxy groups -OCH3 is 2. The van der Waals surface area contributed by atoms with Gasteiger partial charge in [0.15, 0.2) is 5.82 Å². The number of benzene rings is 1. The third-order valence-electron chi connectivity index (χ3n) is 2.91. The van der Waals surface area contributed by atoms with Crippen molar-refractivity contribution in [1.82, 2.24) is 20.1 Å². The van der Waals surface area contributed by atoms with E-state index < -0.39 is 0 Å². The average molecular weight is 276 g/mol. The number of hydrogen-bond donors (Lipinski definition) is 1. The van der Waals surface area contributed by atoms with Crippen molar-refractivity contribution in [3.05, 3.63) is 35.9 Å². The molecule has 0 aliphatic heterocycles. The lowest BCUT2D eigenvalue weighted by Gasteiger charge is -2.09. The van der Waals surface area contributed by atoms with Crippen LogP contribution in [-0.2, 0) is 20.0 Å². The predicted octanol–water partition coefficient (Wildman–Crippen LogP) is 1.16. The highest BCUT2D eigenvalue weighted by Gasteiger charge is 2.02. The first kappa shape index (κ1) is 14.3. The maximum absolute atomic E-state index is 5.25. The van der Waals surface area contributed by atoms with Gasteiger partial charge in [-0.05, 0) is 17.7 Å². The molecule has 0 saturated heterocycles. The van der Waals surface area contributed by atoms with Gasteiger partial charge in [-0.15, -0.1) is 0 Å². The molecule has 0 spiro atoms. The molecule has 0 atom stereocenters. The molecule has 0 amide bonds. The van der Waals surface area contributed by atoms with Gasteiger partial charge in [0, 0.05) is 32.6 Å². The Hall–Kier alpha value is -2.08. The molecule has 0 saturated carbocycles. The summed E-state index contributed by atoms with van der Waals surface area (Å²) in [6.45, 7) is 1.57. The second kappa shape index (κ2) is 6.91. The lowest BCUT2D eigenvalue weighted by atomic mass is 10.2. The number of nitrogens with one attached hydrogen (secondary N) is 1. The van der Waals surface area contributed by atoms with E-state index in [1.165, 1.54) is 0 Å². The van der Waals surface area contributed by atoms with Gasteiger partial charge in [0.05, 0.1) is 14.2 Å². The van der Waals surface area contributed by atoms with Crippen LogP contribution in [-0.4, -0.2) is 35.5 Å². The molecule has 1 aromatic heterocycles. The molecule has 1 aromatic carbocycles. The van der Waals surface area contributed by atoms with Crippen molar-refractivity contribution in [1.29, 1.82) is 0 Å². The number of ether oxygens (including phenoxy) is 2. The van der Waals surface area contributed by atoms with Gasteiger partial charge < -0.3 is 14.8 Å². The fourth-order valence-corrected chi connectivity index (χ4v) is 1.90. The van der Waals surface area contributed by atoms with Crippen LogP contribution in [0.3, 0.4) is 0 Å². The van der Waals surface area contributed by atoms with Crippen molar-refractivity contribution in [2.45, 2.75) is 13.0 Å². The van der Waals surface area contributed by atoms with Gasteiger partial charge in [0.2, 0.25) is 0 Å². The second-order valence-corrected chi connectivity index (χ2v) is 4.48. The highest BCUT2D eigenvalue weighted by Crippen LogP contribution is 2.22. The smallest absolute Gasteiger partial charge is 0.151 e. The van der Waals surface area contributed by atoms with Crippen LogP contribution in [0.25, 0.3) is 0 Å². The standard InChI is InChI=1S/C14H20N4O2/c1-18-10-16-14(17-18)4-5-15-9-11-6-12(19-2)8-13(7-11)20-3/h6-8,10,15H,4-5,9H2,1-3H3. The number of aryl methyl sites for hydroxylation is 1. The van der Waals surface area contributed by atoms with Gasteiger partial charge in [-0.25, -0.2) is 4.98 Å². The topological polar surface area (TPSA) is 61.2 Å². The molecule has 0 unspecified atom stereocenters. The van der Waals surface area contributed by atoms with Gasteiger partial charge in [0.25, 0.3) is 0 Å². The molecule has 6 heteroatoms. The molecule has 0 radical (unpaired) electrons. The first-order valence-electron chi connectivity index (χ1n) is 6.48. The minimum Gasteiger partial charge on any atom is -0.497 e. The van der Waals surface area contributed by atoms with Crippen LogP contribution in [0.4, 0.5) is 0 Å². The molecule has 2 aromatic rings. The zero-order valence-corrected chi connectivity index (χ0v) is 12.1. The van der Waals surface area contributed by atoms with Crippen molar-refractivity contribution >= 4 is 0 Å². The minimum absolute atomic E-state index is 0.750. The van der Waals surface area contributed by atoms with Crippen LogP contribution in [0, 0.1) is 0 Å². The third kappa shape index (κ3) is 3.96. The Kier molecular flexibility index (Phi) is 4.95. The summed E-state index contributed by atoms with van der Waals surface area (Å²) in [7, 11) is 5.17. The summed E-state index contributed by atoms with van der Waals surface area (Å²) >= 11 is 0. The maximum Gasteiger partial charge on any atom is 0.151 e. The van der Waals surface area contributed by atoms with Gasteiger partial charge in [-0.1, -0.05) is 0 Å². The van der Waals surface area contributed by atoms with Gasteiger partial charge >= 0.3 is 0 Å². The molecule has 1 N–H and O–H groups in total. The summed E-state index contributed by atoms with van der Waals surface area (Å²) in [6, 6.07) is 5.85. The van der Waals surface area contributed by atoms with Crippen LogP contribution in [0.2, 0.25) is 0 Å². The van der Waals surface area contributed by atoms with E-state index in [1.54, 1.807) is 25.2 Å². The van der Waals surface area contributed by atoms with Crippen molar-refractivity contribution in [2.75, 3.05) is 20.8 Å². The Labute approximate surface area is 118 Å². The Morgan fingerprint density at radius 2 is 1.85 bits per heavy atom. The Morgan fingerprint density at radius 1 is 1.15 bits per heavy atom. The van der Waals surface area contributed by atoms with Gasteiger partial charge in [-0.3, -0.25) is 4.68 Å². The normalized spacial score (nSPS) is 10.6. The van der Waals surface area contributed by atoms with E-state index in [9.17, 15) is 0 Å². The van der Waals surface area contributed by atoms with E-state index >= 15 is 0 Å². The second-order valence-electron chi connectivity index (χ2n) is 4.48. The zero-order valence-electron chi connectivity index (χ0n) is 12.1. The van der Waals surface area contributed by atoms with E-state index in [-0.39, 0.29) is 0 Å². The molecule has 0 aliphatic carbocycles. The highest BCUT2D eigenvalue weighted by atomic mass is 16.5. The molecule has 108 valence electrons. The van der Waals surface area contributed by atoms with E-state index in [1.807, 2.05) is 25.2 Å². The molecule has 0 bridgehead atoms. The molecule has 0 fully saturated rings. The van der Waals surface area contributed by atoms with Crippen molar-refractivity contribution in [2.24, 2.45) is 7.05 Å². The van der Waals surface area contributed by atoms with Crippen molar-refractivity contribution in [3.8, 4) is 11.5 Å². The van der Waals surface area contributed by atoms with Crippen molar-refractivity contribution < 1.29 is 9.47 Å². The minimum atomic E-state index is 0.750. The maximum atomic E-state index is 5.25. The SMILES string of the molecule is COc1cc(CNCCc2ncn(C)n2)cc(OC)c1. The Morgan fingerprint density at radius 3 is 2.40 bits per heavy atom. The van der Waals surface area contributed by atoms with Crippen molar-refractivity contribution in [3.63, 3.8) is 0 Å². The molecule has 20 heavy (non-hydrogen) atoms. The monoisotopic (exact) mass is 276 g/mol. The van der Waals surface area contributed by atoms with Gasteiger partial charge in [-0.2, -0.15) is 5.10 Å². The third-order valence-corrected chi connectivity index (χ3v) is 2.91. The first-order chi connectivity index (χ1) is 9.71. The predicted molar refractivity (Wildman–Crippen MR) is 76.0 cm³/mol. The largest absolute Gasteiger partial charge is 0.497 e. The number of aromatic nitrogens is 3. The van der Waals surface area contributed by atoms with Gasteiger partial charge in [0.1, 0.15) is 17.8 Å². The van der Waals surface area contributed by atoms with Crippen LogP contribution >= 0.6 is 0 Å². The van der Waals surface area contributed by atoms with Crippen LogP contribution in [0.1, 0.15) is 11.4 Å². The fourth-order valence-electron chi connectivity index (χ4n) is 1.90. The first-order valence-corrected chi connectivity index (χ1v) is 6.48. The van der Waals surface area contributed by atoms with E-state index in [4.69, 9.17) is 9.47 Å². The molecule has 6 nitrogen and oxygen atoms in total. The Balaban J connectivity index is 1.84. The number of hydrogen-bond acceptors (Lipinski definition) is 5. The summed E-state index contributed by atoms with van der Waals surface area (Å²) in [4.78, 5) is 4.19. The summed E-state index contributed by atoms with van der Waals surface area (Å²) in [5.74, 6) is 2.45. The summed E-state index contributed by atoms with van der Waals surface area (Å²) in [5.41, 5.74) is 1.12. The number of rotatable bonds is 7. The highest BCUT2D eigenvalue weighted by molar-refractivity contribution is 5.38. The summed E-state index contributed by atoms with van der Waals surface area (Å²) < 4.78 is 12.2. The summed E-state index contributed by atoms with van der Waals surface area (Å²) in [5, 5.41) is 7.60. The fraction of sp³-hybridized carbons (Fsp3) is 0.429. The number of nitrogens with zero attached hydrogens (tertiary/aromatic N) is 3. The lowest BCUT2D eigenvalue weighted by Crippen LogP contribution is -2.17. The molecule has 2 rings (SSSR count). The molecular formula is C14H20N4O2. The summed E-state index contributed by atoms with van der Waals surface area (Å²) in [6.07, 6.45) is 2.52. The zero-order chi connectivity index (χ0) is 14.4. The quantitative estimate of drug-likeness (QED) is 0.769. The van der Waals surface area contributed by atoms with E-state index in [0.717, 1.165) is 42.4 Å². The average Bonchev–Trinajstić information content (AvgIpc) is 2.88. The van der Waals surface area contributed by atoms with Crippen LogP contribution in [0.5, 0.6) is 11.5 Å². The van der Waals surface area contributed by atoms with E-state index in [2.05, 4.69) is 15.4 Å².